The number of rotatable bonds is 5. The number of allylic oxidation sites excluding steroid dienone is 1. The van der Waals surface area contributed by atoms with Crippen molar-refractivity contribution in [1.29, 1.82) is 0 Å². The lowest BCUT2D eigenvalue weighted by atomic mass is 10.1. The third-order valence-corrected chi connectivity index (χ3v) is 4.11. The van der Waals surface area contributed by atoms with Crippen molar-refractivity contribution < 1.29 is 22.1 Å². The fourth-order valence-corrected chi connectivity index (χ4v) is 2.65. The minimum atomic E-state index is -4.59. The number of aromatic nitrogens is 1. The summed E-state index contributed by atoms with van der Waals surface area (Å²) in [5.74, 6) is -0.820. The van der Waals surface area contributed by atoms with Crippen LogP contribution in [0.4, 0.5) is 17.6 Å². The van der Waals surface area contributed by atoms with Crippen molar-refractivity contribution in [3.05, 3.63) is 65.4 Å². The molecule has 6 nitrogen and oxygen atoms in total. The molecule has 1 aliphatic heterocycles. The molecule has 0 fully saturated rings. The fourth-order valence-electron chi connectivity index (χ4n) is 2.42. The Hall–Kier alpha value is -3.01. The molecule has 1 atom stereocenters. The molecule has 2 aromatic rings. The van der Waals surface area contributed by atoms with E-state index in [1.54, 1.807) is 18.2 Å². The van der Waals surface area contributed by atoms with Crippen molar-refractivity contribution in [2.24, 2.45) is 20.7 Å². The quantitative estimate of drug-likeness (QED) is 0.577. The van der Waals surface area contributed by atoms with Crippen LogP contribution in [0, 0.1) is 5.82 Å². The summed E-state index contributed by atoms with van der Waals surface area (Å²) in [6.07, 6.45) is -2.62. The van der Waals surface area contributed by atoms with Crippen LogP contribution in [-0.4, -0.2) is 34.1 Å². The van der Waals surface area contributed by atoms with Gasteiger partial charge in [0, 0.05) is 18.1 Å². The zero-order valence-corrected chi connectivity index (χ0v) is 15.5. The number of halogens is 5. The number of nitrogens with two attached hydrogens (primary N) is 1. The molecule has 29 heavy (non-hydrogen) atoms. The number of amidine groups is 1. The maximum atomic E-state index is 13.8. The molecule has 0 saturated carbocycles. The molecule has 2 N–H and O–H groups in total. The molecular weight excluding hydrogens is 414 g/mol. The van der Waals surface area contributed by atoms with Gasteiger partial charge in [0.25, 0.3) is 0 Å². The van der Waals surface area contributed by atoms with E-state index in [9.17, 15) is 17.6 Å². The molecule has 0 spiro atoms. The van der Waals surface area contributed by atoms with E-state index in [1.807, 2.05) is 0 Å². The van der Waals surface area contributed by atoms with Gasteiger partial charge in [0.2, 0.25) is 0 Å². The van der Waals surface area contributed by atoms with E-state index in [0.717, 1.165) is 0 Å². The first-order chi connectivity index (χ1) is 13.7. The predicted molar refractivity (Wildman–Crippen MR) is 101 cm³/mol. The number of aliphatic imine (C=N–C) groups is 3. The molecule has 152 valence electrons. The first-order valence-corrected chi connectivity index (χ1v) is 8.65. The van der Waals surface area contributed by atoms with Crippen LogP contribution in [0.1, 0.15) is 17.7 Å². The van der Waals surface area contributed by atoms with Crippen molar-refractivity contribution in [3.8, 4) is 0 Å². The maximum absolute atomic E-state index is 13.8. The highest BCUT2D eigenvalue weighted by molar-refractivity contribution is 6.66. The van der Waals surface area contributed by atoms with Gasteiger partial charge >= 0.3 is 6.18 Å². The van der Waals surface area contributed by atoms with Crippen molar-refractivity contribution >= 4 is 28.3 Å². The Morgan fingerprint density at radius 2 is 2.07 bits per heavy atom. The topological polar surface area (TPSA) is 89.1 Å². The summed E-state index contributed by atoms with van der Waals surface area (Å²) in [6.45, 7) is -0.0552. The van der Waals surface area contributed by atoms with Crippen molar-refractivity contribution in [1.82, 2.24) is 5.16 Å². The molecule has 2 heterocycles. The van der Waals surface area contributed by atoms with E-state index in [0.29, 0.717) is 5.56 Å². The zero-order chi connectivity index (χ0) is 21.0. The van der Waals surface area contributed by atoms with Gasteiger partial charge in [0.05, 0.1) is 18.0 Å². The van der Waals surface area contributed by atoms with Crippen LogP contribution in [0.3, 0.4) is 0 Å². The minimum Gasteiger partial charge on any atom is -0.396 e. The van der Waals surface area contributed by atoms with Gasteiger partial charge < -0.3 is 10.3 Å². The van der Waals surface area contributed by atoms with Gasteiger partial charge in [-0.3, -0.25) is 9.98 Å². The summed E-state index contributed by atoms with van der Waals surface area (Å²) >= 11 is 5.74. The van der Waals surface area contributed by atoms with Crippen LogP contribution in [0.2, 0.25) is 0 Å². The monoisotopic (exact) mass is 427 g/mol. The smallest absolute Gasteiger partial charge is 0.396 e. The van der Waals surface area contributed by atoms with Crippen LogP contribution in [-0.2, 0) is 6.54 Å². The molecule has 3 rings (SSSR count). The molecule has 11 heteroatoms. The molecule has 1 aromatic carbocycles. The number of alkyl halides is 3. The molecule has 0 bridgehead atoms. The molecule has 1 unspecified atom stereocenters. The van der Waals surface area contributed by atoms with Crippen LogP contribution < -0.4 is 5.73 Å². The highest BCUT2D eigenvalue weighted by atomic mass is 35.5. The molecular formula is C18H14ClF4N5O. The SMILES string of the molecule is NC(=CC(=NCc1ccccc1F)c1ccon1)C1=NC(C(F)(F)F)CC(Cl)=N1. The Labute approximate surface area is 167 Å². The zero-order valence-electron chi connectivity index (χ0n) is 14.7. The average Bonchev–Trinajstić information content (AvgIpc) is 3.19. The van der Waals surface area contributed by atoms with Crippen molar-refractivity contribution in [2.45, 2.75) is 25.2 Å². The Balaban J connectivity index is 1.94. The van der Waals surface area contributed by atoms with E-state index in [-0.39, 0.29) is 34.7 Å². The van der Waals surface area contributed by atoms with Gasteiger partial charge in [0.15, 0.2) is 11.9 Å². The largest absolute Gasteiger partial charge is 0.411 e. The second-order valence-corrected chi connectivity index (χ2v) is 6.42. The first kappa shape index (κ1) is 20.7. The minimum absolute atomic E-state index is 0.0552. The number of benzene rings is 1. The third kappa shape index (κ3) is 5.29. The lowest BCUT2D eigenvalue weighted by Gasteiger charge is -2.20. The van der Waals surface area contributed by atoms with Crippen molar-refractivity contribution in [3.63, 3.8) is 0 Å². The molecule has 1 aromatic heterocycles. The summed E-state index contributed by atoms with van der Waals surface area (Å²) in [4.78, 5) is 11.6. The van der Waals surface area contributed by atoms with Gasteiger partial charge in [0.1, 0.15) is 22.9 Å². The summed E-state index contributed by atoms with van der Waals surface area (Å²) in [7, 11) is 0. The van der Waals surface area contributed by atoms with Crippen LogP contribution in [0.25, 0.3) is 0 Å². The highest BCUT2D eigenvalue weighted by Gasteiger charge is 2.42. The predicted octanol–water partition coefficient (Wildman–Crippen LogP) is 4.02. The Morgan fingerprint density at radius 1 is 1.31 bits per heavy atom. The lowest BCUT2D eigenvalue weighted by molar-refractivity contribution is -0.145. The average molecular weight is 428 g/mol. The second-order valence-electron chi connectivity index (χ2n) is 5.98. The van der Waals surface area contributed by atoms with E-state index < -0.39 is 24.5 Å². The molecule has 0 aliphatic carbocycles. The lowest BCUT2D eigenvalue weighted by Crippen LogP contribution is -2.33. The molecule has 0 amide bonds. The maximum Gasteiger partial charge on any atom is 0.411 e. The Bertz CT molecular complexity index is 996. The van der Waals surface area contributed by atoms with Gasteiger partial charge in [-0.25, -0.2) is 9.38 Å². The number of hydrogen-bond acceptors (Lipinski definition) is 6. The Morgan fingerprint density at radius 3 is 2.72 bits per heavy atom. The van der Waals surface area contributed by atoms with E-state index in [4.69, 9.17) is 21.9 Å². The van der Waals surface area contributed by atoms with E-state index >= 15 is 0 Å². The third-order valence-electron chi connectivity index (χ3n) is 3.87. The highest BCUT2D eigenvalue weighted by Crippen LogP contribution is 2.29. The van der Waals surface area contributed by atoms with Gasteiger partial charge in [-0.2, -0.15) is 13.2 Å². The van der Waals surface area contributed by atoms with Gasteiger partial charge in [-0.05, 0) is 12.1 Å². The summed E-state index contributed by atoms with van der Waals surface area (Å²) in [5.41, 5.74) is 6.43. The van der Waals surface area contributed by atoms with Crippen LogP contribution >= 0.6 is 11.6 Å². The number of nitrogens with zero attached hydrogens (tertiary/aromatic N) is 4. The molecule has 1 aliphatic rings. The second kappa shape index (κ2) is 8.56. The van der Waals surface area contributed by atoms with E-state index in [1.165, 1.54) is 24.5 Å². The van der Waals surface area contributed by atoms with Gasteiger partial charge in [-0.1, -0.05) is 35.0 Å². The van der Waals surface area contributed by atoms with E-state index in [2.05, 4.69) is 20.1 Å². The van der Waals surface area contributed by atoms with Crippen molar-refractivity contribution in [2.75, 3.05) is 0 Å². The molecule has 0 saturated heterocycles. The fraction of sp³-hybridized carbons (Fsp3) is 0.222. The standard InChI is InChI=1S/C18H14ClF4N5O/c19-16-8-15(18(21,22)23)26-17(27-16)12(24)7-14(13-5-6-29-28-13)25-9-10-3-1-2-4-11(10)20/h1-7,15H,8-9,24H2. The van der Waals surface area contributed by atoms with Gasteiger partial charge in [-0.15, -0.1) is 0 Å². The normalized spacial score (nSPS) is 18.4. The summed E-state index contributed by atoms with van der Waals surface area (Å²) in [6, 6.07) is 5.46. The first-order valence-electron chi connectivity index (χ1n) is 8.28. The molecule has 0 radical (unpaired) electrons. The summed E-state index contributed by atoms with van der Waals surface area (Å²) < 4.78 is 57.7. The summed E-state index contributed by atoms with van der Waals surface area (Å²) in [5, 5.41) is 3.47. The van der Waals surface area contributed by atoms with Crippen LogP contribution in [0.15, 0.2) is 67.9 Å². The van der Waals surface area contributed by atoms with Crippen LogP contribution in [0.5, 0.6) is 0 Å². The Kier molecular flexibility index (Phi) is 6.12. The number of hydrogen-bond donors (Lipinski definition) is 1.